The minimum atomic E-state index is 0.0112. The number of carbonyl (C=O) groups excluding carboxylic acids is 1. The summed E-state index contributed by atoms with van der Waals surface area (Å²) in [6, 6.07) is 0.0414. The van der Waals surface area contributed by atoms with Crippen molar-refractivity contribution in [2.75, 3.05) is 6.54 Å². The Kier molecular flexibility index (Phi) is 5.95. The summed E-state index contributed by atoms with van der Waals surface area (Å²) in [4.78, 5) is 11.9. The summed E-state index contributed by atoms with van der Waals surface area (Å²) in [6.45, 7) is 2.45. The van der Waals surface area contributed by atoms with Crippen LogP contribution < -0.4 is 11.1 Å². The molecule has 1 amide bonds. The van der Waals surface area contributed by atoms with Crippen LogP contribution in [0.2, 0.25) is 0 Å². The van der Waals surface area contributed by atoms with Crippen LogP contribution in [0, 0.1) is 17.8 Å². The number of hydrogen-bond acceptors (Lipinski definition) is 2. The van der Waals surface area contributed by atoms with Crippen LogP contribution >= 0.6 is 0 Å². The molecule has 1 fully saturated rings. The van der Waals surface area contributed by atoms with E-state index in [1.165, 1.54) is 6.42 Å². The fourth-order valence-electron chi connectivity index (χ4n) is 2.17. The van der Waals surface area contributed by atoms with Gasteiger partial charge in [-0.3, -0.25) is 4.79 Å². The molecule has 0 heterocycles. The largest absolute Gasteiger partial charge is 0.355 e. The Morgan fingerprint density at radius 2 is 2.12 bits per heavy atom. The first-order valence-electron chi connectivity index (χ1n) is 6.18. The monoisotopic (exact) mass is 222 g/mol. The molecule has 3 N–H and O–H groups in total. The Labute approximate surface area is 98.2 Å². The zero-order valence-corrected chi connectivity index (χ0v) is 10.1. The maximum absolute atomic E-state index is 11.9. The zero-order chi connectivity index (χ0) is 11.8. The highest BCUT2D eigenvalue weighted by molar-refractivity contribution is 5.79. The van der Waals surface area contributed by atoms with Crippen molar-refractivity contribution in [3.8, 4) is 11.8 Å². The van der Waals surface area contributed by atoms with E-state index in [1.54, 1.807) is 0 Å². The van der Waals surface area contributed by atoms with Gasteiger partial charge in [-0.05, 0) is 19.8 Å². The van der Waals surface area contributed by atoms with Crippen LogP contribution in [0.3, 0.4) is 0 Å². The normalized spacial score (nSPS) is 25.1. The fraction of sp³-hybridized carbons (Fsp3) is 0.769. The summed E-state index contributed by atoms with van der Waals surface area (Å²) < 4.78 is 0. The summed E-state index contributed by atoms with van der Waals surface area (Å²) in [5, 5.41) is 2.92. The van der Waals surface area contributed by atoms with Gasteiger partial charge in [-0.15, -0.1) is 11.8 Å². The molecule has 2 atom stereocenters. The van der Waals surface area contributed by atoms with E-state index in [1.807, 2.05) is 6.92 Å². The Balaban J connectivity index is 2.34. The third-order valence-electron chi connectivity index (χ3n) is 3.13. The molecule has 90 valence electrons. The summed E-state index contributed by atoms with van der Waals surface area (Å²) >= 11 is 0. The third kappa shape index (κ3) is 4.24. The molecular formula is C13H22N2O. The highest BCUT2D eigenvalue weighted by atomic mass is 16.1. The van der Waals surface area contributed by atoms with E-state index < -0.39 is 0 Å². The van der Waals surface area contributed by atoms with E-state index in [0.29, 0.717) is 6.54 Å². The molecule has 3 heteroatoms. The van der Waals surface area contributed by atoms with Gasteiger partial charge in [0.1, 0.15) is 0 Å². The van der Waals surface area contributed by atoms with Crippen molar-refractivity contribution >= 4 is 5.91 Å². The predicted octanol–water partition coefficient (Wildman–Crippen LogP) is 1.42. The Bertz CT molecular complexity index is 277. The number of rotatable bonds is 3. The van der Waals surface area contributed by atoms with E-state index in [9.17, 15) is 4.79 Å². The second-order valence-electron chi connectivity index (χ2n) is 4.38. The summed E-state index contributed by atoms with van der Waals surface area (Å²) in [7, 11) is 0. The van der Waals surface area contributed by atoms with Crippen LogP contribution in [0.15, 0.2) is 0 Å². The maximum Gasteiger partial charge on any atom is 0.224 e. The molecule has 0 radical (unpaired) electrons. The lowest BCUT2D eigenvalue weighted by Crippen LogP contribution is -2.41. The summed E-state index contributed by atoms with van der Waals surface area (Å²) in [6.07, 6.45) is 6.13. The van der Waals surface area contributed by atoms with Crippen LogP contribution in [0.25, 0.3) is 0 Å². The molecule has 0 aromatic carbocycles. The second-order valence-corrected chi connectivity index (χ2v) is 4.38. The van der Waals surface area contributed by atoms with E-state index >= 15 is 0 Å². The first kappa shape index (κ1) is 13.1. The van der Waals surface area contributed by atoms with Gasteiger partial charge in [-0.1, -0.05) is 19.3 Å². The van der Waals surface area contributed by atoms with E-state index in [0.717, 1.165) is 32.1 Å². The lowest BCUT2D eigenvalue weighted by molar-refractivity contribution is -0.125. The number of nitrogens with two attached hydrogens (primary N) is 1. The lowest BCUT2D eigenvalue weighted by atomic mass is 9.94. The molecule has 0 aromatic rings. The minimum absolute atomic E-state index is 0.0112. The van der Waals surface area contributed by atoms with Gasteiger partial charge >= 0.3 is 0 Å². The molecule has 0 bridgehead atoms. The average molecular weight is 222 g/mol. The van der Waals surface area contributed by atoms with E-state index in [2.05, 4.69) is 17.2 Å². The van der Waals surface area contributed by atoms with Gasteiger partial charge in [0.15, 0.2) is 0 Å². The van der Waals surface area contributed by atoms with Crippen LogP contribution in [0.1, 0.15) is 45.4 Å². The first-order chi connectivity index (χ1) is 7.75. The third-order valence-corrected chi connectivity index (χ3v) is 3.13. The number of hydrogen-bond donors (Lipinski definition) is 2. The van der Waals surface area contributed by atoms with E-state index in [-0.39, 0.29) is 17.9 Å². The zero-order valence-electron chi connectivity index (χ0n) is 10.1. The minimum Gasteiger partial charge on any atom is -0.355 e. The van der Waals surface area contributed by atoms with Gasteiger partial charge in [0, 0.05) is 19.0 Å². The molecule has 0 spiro atoms. The molecule has 1 aliphatic carbocycles. The van der Waals surface area contributed by atoms with Gasteiger partial charge in [0.05, 0.1) is 5.92 Å². The Hall–Kier alpha value is -1.01. The summed E-state index contributed by atoms with van der Waals surface area (Å²) in [5.41, 5.74) is 6.02. The fourth-order valence-corrected chi connectivity index (χ4v) is 2.17. The number of nitrogens with one attached hydrogen (secondary N) is 1. The Morgan fingerprint density at radius 3 is 2.88 bits per heavy atom. The molecule has 16 heavy (non-hydrogen) atoms. The highest BCUT2D eigenvalue weighted by Gasteiger charge is 2.26. The first-order valence-corrected chi connectivity index (χ1v) is 6.18. The van der Waals surface area contributed by atoms with Crippen molar-refractivity contribution in [3.05, 3.63) is 0 Å². The maximum atomic E-state index is 11.9. The molecule has 1 saturated carbocycles. The van der Waals surface area contributed by atoms with Crippen LogP contribution in [0.4, 0.5) is 0 Å². The average Bonchev–Trinajstić information content (AvgIpc) is 2.49. The van der Waals surface area contributed by atoms with Crippen molar-refractivity contribution in [2.45, 2.75) is 51.5 Å². The van der Waals surface area contributed by atoms with Crippen LogP contribution in [-0.2, 0) is 4.79 Å². The molecular weight excluding hydrogens is 200 g/mol. The molecule has 0 saturated heterocycles. The van der Waals surface area contributed by atoms with Gasteiger partial charge in [0.2, 0.25) is 5.91 Å². The van der Waals surface area contributed by atoms with Gasteiger partial charge in [-0.25, -0.2) is 0 Å². The summed E-state index contributed by atoms with van der Waals surface area (Å²) in [5.74, 6) is 5.88. The van der Waals surface area contributed by atoms with Crippen LogP contribution in [-0.4, -0.2) is 18.5 Å². The number of amides is 1. The molecule has 3 nitrogen and oxygen atoms in total. The quantitative estimate of drug-likeness (QED) is 0.431. The van der Waals surface area contributed by atoms with Crippen molar-refractivity contribution in [1.29, 1.82) is 0 Å². The smallest absolute Gasteiger partial charge is 0.224 e. The van der Waals surface area contributed by atoms with Crippen molar-refractivity contribution in [2.24, 2.45) is 11.7 Å². The molecule has 1 rings (SSSR count). The second kappa shape index (κ2) is 7.29. The van der Waals surface area contributed by atoms with Gasteiger partial charge in [-0.2, -0.15) is 0 Å². The molecule has 2 unspecified atom stereocenters. The van der Waals surface area contributed by atoms with Crippen LogP contribution in [0.5, 0.6) is 0 Å². The molecule has 0 aliphatic heterocycles. The standard InChI is InChI=1S/C13H22N2O/c1-2-3-7-10-15-13(16)11-8-5-4-6-9-12(11)14/h11-12H,4-10,14H2,1H3,(H,15,16). The molecule has 1 aliphatic rings. The van der Waals surface area contributed by atoms with Crippen molar-refractivity contribution < 1.29 is 4.79 Å². The lowest BCUT2D eigenvalue weighted by Gasteiger charge is -2.20. The SMILES string of the molecule is CC#CCCNC(=O)C1CCCCCC1N. The topological polar surface area (TPSA) is 55.1 Å². The van der Waals surface area contributed by atoms with Gasteiger partial charge in [0.25, 0.3) is 0 Å². The van der Waals surface area contributed by atoms with Crippen molar-refractivity contribution in [1.82, 2.24) is 5.32 Å². The Morgan fingerprint density at radius 1 is 1.38 bits per heavy atom. The number of carbonyl (C=O) groups is 1. The van der Waals surface area contributed by atoms with E-state index in [4.69, 9.17) is 5.73 Å². The van der Waals surface area contributed by atoms with Crippen molar-refractivity contribution in [3.63, 3.8) is 0 Å². The molecule has 0 aromatic heterocycles. The van der Waals surface area contributed by atoms with Gasteiger partial charge < -0.3 is 11.1 Å². The highest BCUT2D eigenvalue weighted by Crippen LogP contribution is 2.22. The predicted molar refractivity (Wildman–Crippen MR) is 65.6 cm³/mol.